The molecule has 1 unspecified atom stereocenters. The van der Waals surface area contributed by atoms with Gasteiger partial charge in [-0.15, -0.1) is 12.4 Å². The van der Waals surface area contributed by atoms with Gasteiger partial charge < -0.3 is 15.4 Å². The molecule has 4 nitrogen and oxygen atoms in total. The summed E-state index contributed by atoms with van der Waals surface area (Å²) in [5.74, 6) is 0.923. The van der Waals surface area contributed by atoms with Crippen molar-refractivity contribution in [3.05, 3.63) is 29.8 Å². The minimum atomic E-state index is -0.0324. The van der Waals surface area contributed by atoms with Crippen LogP contribution in [0.3, 0.4) is 0 Å². The summed E-state index contributed by atoms with van der Waals surface area (Å²) in [7, 11) is 1.88. The molecule has 1 rings (SSSR count). The fourth-order valence-electron chi connectivity index (χ4n) is 1.73. The minimum Gasteiger partial charge on any atom is -0.489 e. The molecule has 0 saturated heterocycles. The van der Waals surface area contributed by atoms with E-state index >= 15 is 0 Å². The Labute approximate surface area is 127 Å². The van der Waals surface area contributed by atoms with Gasteiger partial charge in [0.05, 0.1) is 6.54 Å². The Kier molecular flexibility index (Phi) is 9.86. The smallest absolute Gasteiger partial charge is 0.220 e. The average Bonchev–Trinajstić information content (AvgIpc) is 2.37. The van der Waals surface area contributed by atoms with Crippen molar-refractivity contribution in [2.75, 3.05) is 20.1 Å². The molecule has 114 valence electrons. The second kappa shape index (κ2) is 10.5. The molecule has 0 saturated carbocycles. The van der Waals surface area contributed by atoms with Crippen molar-refractivity contribution >= 4 is 18.3 Å². The van der Waals surface area contributed by atoms with Crippen LogP contribution in [-0.4, -0.2) is 32.1 Å². The van der Waals surface area contributed by atoms with Gasteiger partial charge in [0.25, 0.3) is 0 Å². The number of aryl methyl sites for hydroxylation is 1. The quantitative estimate of drug-likeness (QED) is 0.724. The van der Waals surface area contributed by atoms with Gasteiger partial charge in [0.2, 0.25) is 5.91 Å². The Morgan fingerprint density at radius 2 is 2.15 bits per heavy atom. The average molecular weight is 301 g/mol. The SMILES string of the molecule is CNCCCC(=O)NCC(C)Oc1cccc(C)c1.Cl. The normalized spacial score (nSPS) is 11.3. The molecule has 0 aromatic heterocycles. The minimum absolute atomic E-state index is 0. The molecular formula is C15H25ClN2O2. The molecule has 0 aliphatic rings. The van der Waals surface area contributed by atoms with Gasteiger partial charge in [-0.25, -0.2) is 0 Å². The Bertz CT molecular complexity index is 399. The van der Waals surface area contributed by atoms with Gasteiger partial charge in [-0.1, -0.05) is 12.1 Å². The molecule has 2 N–H and O–H groups in total. The predicted octanol–water partition coefficient (Wildman–Crippen LogP) is 2.30. The summed E-state index contributed by atoms with van der Waals surface area (Å²) < 4.78 is 5.74. The Morgan fingerprint density at radius 3 is 2.80 bits per heavy atom. The molecule has 0 aliphatic heterocycles. The highest BCUT2D eigenvalue weighted by Gasteiger charge is 2.06. The number of carbonyl (C=O) groups is 1. The molecule has 20 heavy (non-hydrogen) atoms. The monoisotopic (exact) mass is 300 g/mol. The van der Waals surface area contributed by atoms with E-state index in [1.165, 1.54) is 5.56 Å². The van der Waals surface area contributed by atoms with Crippen LogP contribution < -0.4 is 15.4 Å². The zero-order chi connectivity index (χ0) is 14.1. The first kappa shape index (κ1) is 18.7. The number of amides is 1. The lowest BCUT2D eigenvalue weighted by molar-refractivity contribution is -0.121. The summed E-state index contributed by atoms with van der Waals surface area (Å²) in [5, 5.41) is 5.91. The highest BCUT2D eigenvalue weighted by Crippen LogP contribution is 2.13. The maximum Gasteiger partial charge on any atom is 0.220 e. The summed E-state index contributed by atoms with van der Waals surface area (Å²) in [4.78, 5) is 11.5. The predicted molar refractivity (Wildman–Crippen MR) is 84.7 cm³/mol. The summed E-state index contributed by atoms with van der Waals surface area (Å²) >= 11 is 0. The molecule has 0 spiro atoms. The Morgan fingerprint density at radius 1 is 1.40 bits per heavy atom. The maximum atomic E-state index is 11.5. The summed E-state index contributed by atoms with van der Waals surface area (Å²) in [6, 6.07) is 7.91. The van der Waals surface area contributed by atoms with Crippen molar-refractivity contribution in [1.29, 1.82) is 0 Å². The number of ether oxygens (including phenoxy) is 1. The number of hydrogen-bond donors (Lipinski definition) is 2. The highest BCUT2D eigenvalue weighted by molar-refractivity contribution is 5.85. The molecular weight excluding hydrogens is 276 g/mol. The third-order valence-corrected chi connectivity index (χ3v) is 2.74. The van der Waals surface area contributed by atoms with Crippen molar-refractivity contribution in [1.82, 2.24) is 10.6 Å². The third-order valence-electron chi connectivity index (χ3n) is 2.74. The molecule has 0 fully saturated rings. The third kappa shape index (κ3) is 8.02. The van der Waals surface area contributed by atoms with Crippen molar-refractivity contribution in [3.8, 4) is 5.75 Å². The van der Waals surface area contributed by atoms with E-state index in [0.29, 0.717) is 13.0 Å². The van der Waals surface area contributed by atoms with Crippen LogP contribution in [0.4, 0.5) is 0 Å². The molecule has 0 bridgehead atoms. The topological polar surface area (TPSA) is 50.4 Å². The highest BCUT2D eigenvalue weighted by atomic mass is 35.5. The zero-order valence-corrected chi connectivity index (χ0v) is 13.3. The van der Waals surface area contributed by atoms with E-state index < -0.39 is 0 Å². The van der Waals surface area contributed by atoms with Crippen LogP contribution in [0.1, 0.15) is 25.3 Å². The lowest BCUT2D eigenvalue weighted by Crippen LogP contribution is -2.33. The van der Waals surface area contributed by atoms with Crippen LogP contribution >= 0.6 is 12.4 Å². The number of carbonyl (C=O) groups excluding carboxylic acids is 1. The first-order chi connectivity index (χ1) is 9.11. The van der Waals surface area contributed by atoms with Gasteiger partial charge in [-0.3, -0.25) is 4.79 Å². The van der Waals surface area contributed by atoms with E-state index in [1.807, 2.05) is 45.2 Å². The van der Waals surface area contributed by atoms with Crippen LogP contribution in [0.15, 0.2) is 24.3 Å². The van der Waals surface area contributed by atoms with Crippen LogP contribution in [0.25, 0.3) is 0 Å². The fourth-order valence-corrected chi connectivity index (χ4v) is 1.73. The number of rotatable bonds is 8. The second-order valence-corrected chi connectivity index (χ2v) is 4.76. The van der Waals surface area contributed by atoms with Crippen LogP contribution in [0.2, 0.25) is 0 Å². The van der Waals surface area contributed by atoms with E-state index in [1.54, 1.807) is 0 Å². The summed E-state index contributed by atoms with van der Waals surface area (Å²) in [6.07, 6.45) is 1.38. The van der Waals surface area contributed by atoms with Gasteiger partial charge >= 0.3 is 0 Å². The van der Waals surface area contributed by atoms with Crippen LogP contribution in [0.5, 0.6) is 5.75 Å². The first-order valence-electron chi connectivity index (χ1n) is 6.76. The lowest BCUT2D eigenvalue weighted by atomic mass is 10.2. The zero-order valence-electron chi connectivity index (χ0n) is 12.4. The largest absolute Gasteiger partial charge is 0.489 e. The molecule has 0 heterocycles. The maximum absolute atomic E-state index is 11.5. The van der Waals surface area contributed by atoms with Gasteiger partial charge in [0, 0.05) is 6.42 Å². The molecule has 0 aliphatic carbocycles. The Hall–Kier alpha value is -1.26. The lowest BCUT2D eigenvalue weighted by Gasteiger charge is -2.15. The molecule has 1 amide bonds. The molecule has 1 atom stereocenters. The van der Waals surface area contributed by atoms with Crippen molar-refractivity contribution in [2.24, 2.45) is 0 Å². The number of nitrogens with one attached hydrogen (secondary N) is 2. The van der Waals surface area contributed by atoms with Crippen molar-refractivity contribution < 1.29 is 9.53 Å². The van der Waals surface area contributed by atoms with Gasteiger partial charge in [-0.05, 0) is 51.6 Å². The van der Waals surface area contributed by atoms with E-state index in [-0.39, 0.29) is 24.4 Å². The van der Waals surface area contributed by atoms with E-state index in [2.05, 4.69) is 10.6 Å². The van der Waals surface area contributed by atoms with Gasteiger partial charge in [-0.2, -0.15) is 0 Å². The van der Waals surface area contributed by atoms with Crippen molar-refractivity contribution in [2.45, 2.75) is 32.8 Å². The van der Waals surface area contributed by atoms with E-state index in [4.69, 9.17) is 4.74 Å². The molecule has 0 radical (unpaired) electrons. The second-order valence-electron chi connectivity index (χ2n) is 4.76. The number of benzene rings is 1. The number of halogens is 1. The molecule has 1 aromatic carbocycles. The van der Waals surface area contributed by atoms with Gasteiger partial charge in [0.1, 0.15) is 11.9 Å². The first-order valence-corrected chi connectivity index (χ1v) is 6.76. The number of hydrogen-bond acceptors (Lipinski definition) is 3. The van der Waals surface area contributed by atoms with Crippen molar-refractivity contribution in [3.63, 3.8) is 0 Å². The summed E-state index contributed by atoms with van der Waals surface area (Å²) in [5.41, 5.74) is 1.17. The van der Waals surface area contributed by atoms with E-state index in [9.17, 15) is 4.79 Å². The van der Waals surface area contributed by atoms with Crippen LogP contribution in [0, 0.1) is 6.92 Å². The summed E-state index contributed by atoms with van der Waals surface area (Å²) in [6.45, 7) is 5.38. The molecule has 5 heteroatoms. The van der Waals surface area contributed by atoms with E-state index in [0.717, 1.165) is 18.7 Å². The standard InChI is InChI=1S/C15H24N2O2.ClH/c1-12-6-4-7-14(10-12)19-13(2)11-17-15(18)8-5-9-16-3;/h4,6-7,10,13,16H,5,8-9,11H2,1-3H3,(H,17,18);1H. The molecule has 1 aromatic rings. The fraction of sp³-hybridized carbons (Fsp3) is 0.533. The van der Waals surface area contributed by atoms with Gasteiger partial charge in [0.15, 0.2) is 0 Å². The Balaban J connectivity index is 0.00000361. The van der Waals surface area contributed by atoms with Crippen LogP contribution in [-0.2, 0) is 4.79 Å².